The lowest BCUT2D eigenvalue weighted by Crippen LogP contribution is -2.36. The number of hydrogen-bond acceptors (Lipinski definition) is 3. The summed E-state index contributed by atoms with van der Waals surface area (Å²) >= 11 is 3.06. The van der Waals surface area contributed by atoms with Gasteiger partial charge < -0.3 is 5.73 Å². The summed E-state index contributed by atoms with van der Waals surface area (Å²) in [6.45, 7) is 5.64. The van der Waals surface area contributed by atoms with Crippen LogP contribution in [0.2, 0.25) is 0 Å². The van der Waals surface area contributed by atoms with Crippen LogP contribution in [0.15, 0.2) is 21.5 Å². The smallest absolute Gasteiger partial charge is 0.244 e. The van der Waals surface area contributed by atoms with E-state index in [9.17, 15) is 12.8 Å². The van der Waals surface area contributed by atoms with Gasteiger partial charge in [-0.2, -0.15) is 4.31 Å². The van der Waals surface area contributed by atoms with Gasteiger partial charge in [-0.15, -0.1) is 0 Å². The molecule has 0 saturated carbocycles. The standard InChI is InChI=1S/C11H16BrFN2O2S/c1-4-15(7(2)3)18(16,17)11-6-10(14)9(13)5-8(11)12/h5-7H,4,14H2,1-3H3. The van der Waals surface area contributed by atoms with Gasteiger partial charge in [0.1, 0.15) is 5.82 Å². The van der Waals surface area contributed by atoms with Gasteiger partial charge in [-0.1, -0.05) is 6.92 Å². The van der Waals surface area contributed by atoms with Crippen LogP contribution in [0, 0.1) is 5.82 Å². The Morgan fingerprint density at radius 1 is 1.44 bits per heavy atom. The van der Waals surface area contributed by atoms with Crippen LogP contribution in [0.25, 0.3) is 0 Å². The molecule has 0 aromatic heterocycles. The second-order valence-electron chi connectivity index (χ2n) is 4.11. The lowest BCUT2D eigenvalue weighted by atomic mass is 10.3. The minimum Gasteiger partial charge on any atom is -0.396 e. The summed E-state index contributed by atoms with van der Waals surface area (Å²) in [7, 11) is -3.68. The zero-order valence-corrected chi connectivity index (χ0v) is 12.8. The van der Waals surface area contributed by atoms with E-state index in [0.29, 0.717) is 6.54 Å². The topological polar surface area (TPSA) is 63.4 Å². The van der Waals surface area contributed by atoms with Crippen LogP contribution >= 0.6 is 15.9 Å². The number of halogens is 2. The predicted molar refractivity (Wildman–Crippen MR) is 73.2 cm³/mol. The van der Waals surface area contributed by atoms with Crippen molar-refractivity contribution in [2.45, 2.75) is 31.7 Å². The summed E-state index contributed by atoms with van der Waals surface area (Å²) in [6.07, 6.45) is 0. The Morgan fingerprint density at radius 2 is 2.00 bits per heavy atom. The molecule has 0 unspecified atom stereocenters. The van der Waals surface area contributed by atoms with E-state index in [4.69, 9.17) is 5.73 Å². The van der Waals surface area contributed by atoms with Crippen LogP contribution in [-0.2, 0) is 10.0 Å². The molecule has 1 rings (SSSR count). The van der Waals surface area contributed by atoms with E-state index in [2.05, 4.69) is 15.9 Å². The van der Waals surface area contributed by atoms with Crippen LogP contribution < -0.4 is 5.73 Å². The highest BCUT2D eigenvalue weighted by Crippen LogP contribution is 2.29. The lowest BCUT2D eigenvalue weighted by Gasteiger charge is -2.25. The van der Waals surface area contributed by atoms with Gasteiger partial charge >= 0.3 is 0 Å². The quantitative estimate of drug-likeness (QED) is 0.858. The van der Waals surface area contributed by atoms with E-state index in [-0.39, 0.29) is 21.1 Å². The van der Waals surface area contributed by atoms with Crippen molar-refractivity contribution >= 4 is 31.6 Å². The molecule has 1 aromatic carbocycles. The number of anilines is 1. The van der Waals surface area contributed by atoms with Crippen LogP contribution in [0.3, 0.4) is 0 Å². The monoisotopic (exact) mass is 338 g/mol. The zero-order valence-electron chi connectivity index (χ0n) is 10.4. The molecule has 0 fully saturated rings. The Hall–Kier alpha value is -0.660. The molecule has 7 heteroatoms. The van der Waals surface area contributed by atoms with Crippen molar-refractivity contribution in [1.82, 2.24) is 4.31 Å². The van der Waals surface area contributed by atoms with Crippen LogP contribution in [0.4, 0.5) is 10.1 Å². The fourth-order valence-electron chi connectivity index (χ4n) is 1.68. The molecule has 0 atom stereocenters. The maximum atomic E-state index is 13.2. The molecule has 2 N–H and O–H groups in total. The summed E-state index contributed by atoms with van der Waals surface area (Å²) in [5, 5.41) is 0. The first kappa shape index (κ1) is 15.4. The number of rotatable bonds is 4. The van der Waals surface area contributed by atoms with Crippen molar-refractivity contribution < 1.29 is 12.8 Å². The summed E-state index contributed by atoms with van der Waals surface area (Å²) in [5.41, 5.74) is 5.24. The second kappa shape index (κ2) is 5.54. The zero-order chi connectivity index (χ0) is 14.1. The first-order chi connectivity index (χ1) is 8.21. The Labute approximate surface area is 115 Å². The van der Waals surface area contributed by atoms with Crippen LogP contribution in [-0.4, -0.2) is 25.3 Å². The molecule has 1 aromatic rings. The third kappa shape index (κ3) is 2.84. The highest BCUT2D eigenvalue weighted by Gasteiger charge is 2.28. The van der Waals surface area contributed by atoms with E-state index in [1.54, 1.807) is 20.8 Å². The van der Waals surface area contributed by atoms with Crippen molar-refractivity contribution in [3.05, 3.63) is 22.4 Å². The van der Waals surface area contributed by atoms with E-state index < -0.39 is 15.8 Å². The number of benzene rings is 1. The molecule has 0 aliphatic heterocycles. The normalized spacial score (nSPS) is 12.4. The molecule has 102 valence electrons. The molecule has 0 amide bonds. The van der Waals surface area contributed by atoms with Crippen molar-refractivity contribution in [1.29, 1.82) is 0 Å². The Morgan fingerprint density at radius 3 is 2.44 bits per heavy atom. The van der Waals surface area contributed by atoms with Gasteiger partial charge in [0, 0.05) is 17.1 Å². The van der Waals surface area contributed by atoms with Crippen molar-refractivity contribution in [2.75, 3.05) is 12.3 Å². The Bertz CT molecular complexity index is 546. The third-order valence-electron chi connectivity index (χ3n) is 2.53. The number of nitrogens with two attached hydrogens (primary N) is 1. The molecule has 0 aliphatic carbocycles. The van der Waals surface area contributed by atoms with E-state index >= 15 is 0 Å². The first-order valence-corrected chi connectivity index (χ1v) is 7.71. The Balaban J connectivity index is 3.41. The average molecular weight is 339 g/mol. The summed E-state index contributed by atoms with van der Waals surface area (Å²) in [4.78, 5) is -0.0167. The maximum absolute atomic E-state index is 13.2. The van der Waals surface area contributed by atoms with E-state index in [1.165, 1.54) is 4.31 Å². The third-order valence-corrected chi connectivity index (χ3v) is 5.63. The minimum atomic E-state index is -3.68. The Kier molecular flexibility index (Phi) is 4.74. The highest BCUT2D eigenvalue weighted by atomic mass is 79.9. The summed E-state index contributed by atoms with van der Waals surface area (Å²) in [6, 6.07) is 2.02. The van der Waals surface area contributed by atoms with Gasteiger partial charge in [0.2, 0.25) is 10.0 Å². The lowest BCUT2D eigenvalue weighted by molar-refractivity contribution is 0.369. The number of nitrogens with zero attached hydrogens (tertiary/aromatic N) is 1. The molecule has 0 saturated heterocycles. The molecule has 0 spiro atoms. The average Bonchev–Trinajstić information content (AvgIpc) is 2.23. The molecule has 4 nitrogen and oxygen atoms in total. The molecule has 0 heterocycles. The van der Waals surface area contributed by atoms with Gasteiger partial charge in [0.15, 0.2) is 0 Å². The van der Waals surface area contributed by atoms with Gasteiger partial charge in [-0.3, -0.25) is 0 Å². The van der Waals surface area contributed by atoms with Gasteiger partial charge in [-0.05, 0) is 41.9 Å². The molecule has 0 radical (unpaired) electrons. The van der Waals surface area contributed by atoms with Crippen LogP contribution in [0.5, 0.6) is 0 Å². The molecule has 0 bridgehead atoms. The summed E-state index contributed by atoms with van der Waals surface area (Å²) in [5.74, 6) is -0.645. The fourth-order valence-corrected chi connectivity index (χ4v) is 4.34. The predicted octanol–water partition coefficient (Wildman–Crippen LogP) is 2.59. The number of sulfonamides is 1. The largest absolute Gasteiger partial charge is 0.396 e. The molecular formula is C11H16BrFN2O2S. The maximum Gasteiger partial charge on any atom is 0.244 e. The molecular weight excluding hydrogens is 323 g/mol. The fraction of sp³-hybridized carbons (Fsp3) is 0.455. The van der Waals surface area contributed by atoms with Crippen molar-refractivity contribution in [3.8, 4) is 0 Å². The highest BCUT2D eigenvalue weighted by molar-refractivity contribution is 9.10. The number of nitrogen functional groups attached to an aromatic ring is 1. The van der Waals surface area contributed by atoms with Gasteiger partial charge in [0.25, 0.3) is 0 Å². The number of hydrogen-bond donors (Lipinski definition) is 1. The van der Waals surface area contributed by atoms with Crippen molar-refractivity contribution in [2.24, 2.45) is 0 Å². The van der Waals surface area contributed by atoms with Gasteiger partial charge in [0.05, 0.1) is 10.6 Å². The SMILES string of the molecule is CCN(C(C)C)S(=O)(=O)c1cc(N)c(F)cc1Br. The summed E-state index contributed by atoms with van der Waals surface area (Å²) < 4.78 is 39.5. The van der Waals surface area contributed by atoms with Gasteiger partial charge in [-0.25, -0.2) is 12.8 Å². The van der Waals surface area contributed by atoms with E-state index in [0.717, 1.165) is 12.1 Å². The van der Waals surface area contributed by atoms with Crippen LogP contribution in [0.1, 0.15) is 20.8 Å². The molecule has 0 aliphatic rings. The first-order valence-electron chi connectivity index (χ1n) is 5.48. The molecule has 18 heavy (non-hydrogen) atoms. The second-order valence-corrected chi connectivity index (χ2v) is 6.82. The van der Waals surface area contributed by atoms with Crippen molar-refractivity contribution in [3.63, 3.8) is 0 Å². The minimum absolute atomic E-state index is 0.0167. The van der Waals surface area contributed by atoms with E-state index in [1.807, 2.05) is 0 Å².